The van der Waals surface area contributed by atoms with Gasteiger partial charge in [0.15, 0.2) is 0 Å². The molecular weight excluding hydrogens is 302 g/mol. The second-order valence-corrected chi connectivity index (χ2v) is 5.56. The van der Waals surface area contributed by atoms with Crippen LogP contribution in [-0.4, -0.2) is 44.7 Å². The van der Waals surface area contributed by atoms with E-state index in [9.17, 15) is 4.79 Å². The minimum absolute atomic E-state index is 0. The molecule has 118 valence electrons. The van der Waals surface area contributed by atoms with Crippen molar-refractivity contribution in [3.63, 3.8) is 0 Å². The summed E-state index contributed by atoms with van der Waals surface area (Å²) in [4.78, 5) is 14.5. The molecule has 2 atom stereocenters. The van der Waals surface area contributed by atoms with E-state index in [1.165, 1.54) is 0 Å². The zero-order valence-corrected chi connectivity index (χ0v) is 13.2. The van der Waals surface area contributed by atoms with E-state index in [0.29, 0.717) is 18.0 Å². The van der Waals surface area contributed by atoms with Crippen LogP contribution in [0.25, 0.3) is 5.69 Å². The van der Waals surface area contributed by atoms with Crippen molar-refractivity contribution in [2.75, 3.05) is 13.1 Å². The van der Waals surface area contributed by atoms with Gasteiger partial charge in [-0.25, -0.2) is 0 Å². The molecule has 1 aliphatic rings. The molecule has 7 heteroatoms. The molecular formula is C15H20ClN5O. The van der Waals surface area contributed by atoms with E-state index in [0.717, 1.165) is 18.7 Å². The Bertz CT molecular complexity index is 613. The molecule has 0 radical (unpaired) electrons. The average Bonchev–Trinajstić information content (AvgIpc) is 3.16. The maximum Gasteiger partial charge on any atom is 0.254 e. The van der Waals surface area contributed by atoms with Crippen molar-refractivity contribution in [2.45, 2.75) is 19.4 Å². The first kappa shape index (κ1) is 16.5. The number of benzene rings is 1. The van der Waals surface area contributed by atoms with Crippen LogP contribution in [0.2, 0.25) is 0 Å². The van der Waals surface area contributed by atoms with Gasteiger partial charge in [-0.3, -0.25) is 9.36 Å². The van der Waals surface area contributed by atoms with Gasteiger partial charge < -0.3 is 10.6 Å². The van der Waals surface area contributed by atoms with Gasteiger partial charge in [0.05, 0.1) is 0 Å². The molecule has 1 saturated heterocycles. The quantitative estimate of drug-likeness (QED) is 0.929. The highest BCUT2D eigenvalue weighted by Gasteiger charge is 2.31. The topological polar surface area (TPSA) is 77.0 Å². The normalized spacial score (nSPS) is 20.7. The number of rotatable bonds is 3. The Morgan fingerprint density at radius 1 is 1.27 bits per heavy atom. The third-order valence-corrected chi connectivity index (χ3v) is 4.09. The molecule has 1 amide bonds. The summed E-state index contributed by atoms with van der Waals surface area (Å²) in [5.41, 5.74) is 7.36. The number of amides is 1. The number of nitrogens with two attached hydrogens (primary N) is 1. The predicted octanol–water partition coefficient (Wildman–Crippen LogP) is 1.50. The van der Waals surface area contributed by atoms with Crippen molar-refractivity contribution >= 4 is 18.3 Å². The van der Waals surface area contributed by atoms with Gasteiger partial charge in [-0.1, -0.05) is 0 Å². The smallest absolute Gasteiger partial charge is 0.254 e. The average molecular weight is 322 g/mol. The van der Waals surface area contributed by atoms with Gasteiger partial charge in [0, 0.05) is 23.8 Å². The minimum atomic E-state index is 0. The number of carbonyl (C=O) groups is 1. The molecule has 0 saturated carbocycles. The van der Waals surface area contributed by atoms with Crippen LogP contribution >= 0.6 is 12.4 Å². The molecule has 0 aliphatic carbocycles. The van der Waals surface area contributed by atoms with Gasteiger partial charge in [-0.2, -0.15) is 0 Å². The molecule has 22 heavy (non-hydrogen) atoms. The third kappa shape index (κ3) is 3.13. The number of likely N-dealkylation sites (tertiary alicyclic amines) is 1. The van der Waals surface area contributed by atoms with Crippen LogP contribution in [0.1, 0.15) is 23.7 Å². The molecule has 1 aliphatic heterocycles. The number of nitrogens with zero attached hydrogens (tertiary/aromatic N) is 4. The van der Waals surface area contributed by atoms with Gasteiger partial charge in [-0.05, 0) is 50.1 Å². The predicted molar refractivity (Wildman–Crippen MR) is 86.3 cm³/mol. The summed E-state index contributed by atoms with van der Waals surface area (Å²) in [7, 11) is 0. The van der Waals surface area contributed by atoms with E-state index in [1.807, 2.05) is 29.2 Å². The second-order valence-electron chi connectivity index (χ2n) is 5.56. The fraction of sp³-hybridized carbons (Fsp3) is 0.400. The lowest BCUT2D eigenvalue weighted by Gasteiger charge is -2.21. The number of hydrogen-bond acceptors (Lipinski definition) is 4. The first-order valence-electron chi connectivity index (χ1n) is 7.15. The van der Waals surface area contributed by atoms with E-state index in [2.05, 4.69) is 17.1 Å². The van der Waals surface area contributed by atoms with E-state index in [4.69, 9.17) is 5.73 Å². The Morgan fingerprint density at radius 3 is 2.45 bits per heavy atom. The Kier molecular flexibility index (Phi) is 5.15. The molecule has 2 aromatic rings. The van der Waals surface area contributed by atoms with Crippen molar-refractivity contribution in [3.05, 3.63) is 42.5 Å². The SMILES string of the molecule is CC1CC(CN)CN1C(=O)c1ccc(-n2cnnc2)cc1.Cl. The highest BCUT2D eigenvalue weighted by Crippen LogP contribution is 2.24. The molecule has 0 bridgehead atoms. The van der Waals surface area contributed by atoms with Crippen molar-refractivity contribution in [1.82, 2.24) is 19.7 Å². The van der Waals surface area contributed by atoms with Crippen LogP contribution in [0.4, 0.5) is 0 Å². The van der Waals surface area contributed by atoms with Crippen molar-refractivity contribution in [1.29, 1.82) is 0 Å². The summed E-state index contributed by atoms with van der Waals surface area (Å²) in [5.74, 6) is 0.494. The fourth-order valence-corrected chi connectivity index (χ4v) is 2.87. The standard InChI is InChI=1S/C15H19N5O.ClH/c1-11-6-12(7-16)8-20(11)15(21)13-2-4-14(5-3-13)19-9-17-18-10-19;/h2-5,9-12H,6-8,16H2,1H3;1H. The van der Waals surface area contributed by atoms with Gasteiger partial charge in [-0.15, -0.1) is 22.6 Å². The summed E-state index contributed by atoms with van der Waals surface area (Å²) in [6, 6.07) is 7.75. The van der Waals surface area contributed by atoms with E-state index in [1.54, 1.807) is 17.2 Å². The van der Waals surface area contributed by atoms with Gasteiger partial charge in [0.25, 0.3) is 5.91 Å². The van der Waals surface area contributed by atoms with Gasteiger partial charge in [0.1, 0.15) is 12.7 Å². The molecule has 0 spiro atoms. The summed E-state index contributed by atoms with van der Waals surface area (Å²) in [6.07, 6.45) is 4.25. The van der Waals surface area contributed by atoms with Gasteiger partial charge >= 0.3 is 0 Å². The zero-order valence-electron chi connectivity index (χ0n) is 12.4. The molecule has 2 N–H and O–H groups in total. The maximum absolute atomic E-state index is 12.6. The molecule has 1 aromatic carbocycles. The van der Waals surface area contributed by atoms with E-state index < -0.39 is 0 Å². The number of hydrogen-bond donors (Lipinski definition) is 1. The van der Waals surface area contributed by atoms with E-state index in [-0.39, 0.29) is 24.4 Å². The highest BCUT2D eigenvalue weighted by atomic mass is 35.5. The van der Waals surface area contributed by atoms with Crippen molar-refractivity contribution in [3.8, 4) is 5.69 Å². The molecule has 1 aromatic heterocycles. The molecule has 3 rings (SSSR count). The summed E-state index contributed by atoms with van der Waals surface area (Å²) < 4.78 is 1.80. The summed E-state index contributed by atoms with van der Waals surface area (Å²) >= 11 is 0. The third-order valence-electron chi connectivity index (χ3n) is 4.09. The van der Waals surface area contributed by atoms with E-state index >= 15 is 0 Å². The van der Waals surface area contributed by atoms with Crippen molar-refractivity contribution in [2.24, 2.45) is 11.7 Å². The lowest BCUT2D eigenvalue weighted by atomic mass is 10.1. The molecule has 2 unspecified atom stereocenters. The number of carbonyl (C=O) groups excluding carboxylic acids is 1. The van der Waals surface area contributed by atoms with Crippen LogP contribution in [0.15, 0.2) is 36.9 Å². The van der Waals surface area contributed by atoms with Gasteiger partial charge in [0.2, 0.25) is 0 Å². The Morgan fingerprint density at radius 2 is 1.91 bits per heavy atom. The molecule has 1 fully saturated rings. The monoisotopic (exact) mass is 321 g/mol. The minimum Gasteiger partial charge on any atom is -0.336 e. The second kappa shape index (κ2) is 6.89. The van der Waals surface area contributed by atoms with Crippen LogP contribution < -0.4 is 5.73 Å². The Balaban J connectivity index is 0.00000176. The number of halogens is 1. The first-order valence-corrected chi connectivity index (χ1v) is 7.15. The largest absolute Gasteiger partial charge is 0.336 e. The lowest BCUT2D eigenvalue weighted by molar-refractivity contribution is 0.0743. The van der Waals surface area contributed by atoms with Crippen LogP contribution in [0, 0.1) is 5.92 Å². The summed E-state index contributed by atoms with van der Waals surface area (Å²) in [5, 5.41) is 7.55. The molecule has 6 nitrogen and oxygen atoms in total. The Labute approximate surface area is 135 Å². The lowest BCUT2D eigenvalue weighted by Crippen LogP contribution is -2.34. The maximum atomic E-state index is 12.6. The first-order chi connectivity index (χ1) is 10.2. The van der Waals surface area contributed by atoms with Crippen LogP contribution in [0.3, 0.4) is 0 Å². The number of aromatic nitrogens is 3. The van der Waals surface area contributed by atoms with Crippen molar-refractivity contribution < 1.29 is 4.79 Å². The zero-order chi connectivity index (χ0) is 14.8. The molecule has 2 heterocycles. The fourth-order valence-electron chi connectivity index (χ4n) is 2.87. The Hall–Kier alpha value is -1.92. The van der Waals surface area contributed by atoms with Crippen LogP contribution in [0.5, 0.6) is 0 Å². The van der Waals surface area contributed by atoms with Crippen LogP contribution in [-0.2, 0) is 0 Å². The highest BCUT2D eigenvalue weighted by molar-refractivity contribution is 5.94. The summed E-state index contributed by atoms with van der Waals surface area (Å²) in [6.45, 7) is 3.48.